The zero-order valence-electron chi connectivity index (χ0n) is 8.16. The molecule has 0 heterocycles. The first-order chi connectivity index (χ1) is 7.17. The number of hydrogen-bond donors (Lipinski definition) is 0. The second-order valence-corrected chi connectivity index (χ2v) is 3.08. The van der Waals surface area contributed by atoms with Crippen LogP contribution in [0.2, 0.25) is 0 Å². The first-order valence-corrected chi connectivity index (χ1v) is 4.61. The standard InChI is InChI=1S/C11H12F2O2/c12-11(13,9-15-8-4-7-14)10-5-2-1-3-6-10/h1-3,5-7H,4,8-9H2. The Labute approximate surface area is 86.9 Å². The van der Waals surface area contributed by atoms with Gasteiger partial charge >= 0.3 is 0 Å². The lowest BCUT2D eigenvalue weighted by molar-refractivity contribution is -0.111. The minimum atomic E-state index is -3.00. The number of aldehydes is 1. The fourth-order valence-corrected chi connectivity index (χ4v) is 1.10. The Morgan fingerprint density at radius 1 is 1.27 bits per heavy atom. The van der Waals surface area contributed by atoms with E-state index >= 15 is 0 Å². The van der Waals surface area contributed by atoms with E-state index in [2.05, 4.69) is 0 Å². The maximum atomic E-state index is 13.4. The van der Waals surface area contributed by atoms with E-state index in [1.54, 1.807) is 18.2 Å². The molecule has 4 heteroatoms. The Balaban J connectivity index is 2.48. The maximum Gasteiger partial charge on any atom is 0.296 e. The quantitative estimate of drug-likeness (QED) is 0.537. The van der Waals surface area contributed by atoms with E-state index < -0.39 is 12.5 Å². The summed E-state index contributed by atoms with van der Waals surface area (Å²) < 4.78 is 31.5. The highest BCUT2D eigenvalue weighted by Crippen LogP contribution is 2.27. The number of carbonyl (C=O) groups is 1. The molecule has 0 radical (unpaired) electrons. The van der Waals surface area contributed by atoms with Crippen molar-refractivity contribution in [2.45, 2.75) is 12.3 Å². The van der Waals surface area contributed by atoms with Crippen LogP contribution in [-0.4, -0.2) is 19.5 Å². The molecule has 0 aliphatic heterocycles. The Bertz CT molecular complexity index is 299. The van der Waals surface area contributed by atoms with E-state index in [1.807, 2.05) is 0 Å². The van der Waals surface area contributed by atoms with Gasteiger partial charge in [-0.2, -0.15) is 8.78 Å². The van der Waals surface area contributed by atoms with Crippen LogP contribution >= 0.6 is 0 Å². The van der Waals surface area contributed by atoms with Crippen molar-refractivity contribution in [3.8, 4) is 0 Å². The lowest BCUT2D eigenvalue weighted by atomic mass is 10.1. The number of halogens is 2. The van der Waals surface area contributed by atoms with Crippen LogP contribution in [0.5, 0.6) is 0 Å². The molecular formula is C11H12F2O2. The van der Waals surface area contributed by atoms with Crippen LogP contribution in [0.25, 0.3) is 0 Å². The van der Waals surface area contributed by atoms with Crippen LogP contribution in [0.1, 0.15) is 12.0 Å². The van der Waals surface area contributed by atoms with Crippen LogP contribution in [0.3, 0.4) is 0 Å². The van der Waals surface area contributed by atoms with E-state index in [1.165, 1.54) is 12.1 Å². The van der Waals surface area contributed by atoms with Gasteiger partial charge in [-0.25, -0.2) is 0 Å². The van der Waals surface area contributed by atoms with Crippen LogP contribution < -0.4 is 0 Å². The highest BCUT2D eigenvalue weighted by Gasteiger charge is 2.31. The van der Waals surface area contributed by atoms with Crippen molar-refractivity contribution in [2.75, 3.05) is 13.2 Å². The number of ether oxygens (including phenoxy) is 1. The summed E-state index contributed by atoms with van der Waals surface area (Å²) >= 11 is 0. The summed E-state index contributed by atoms with van der Waals surface area (Å²) in [5.41, 5.74) is -0.0731. The highest BCUT2D eigenvalue weighted by atomic mass is 19.3. The number of rotatable bonds is 6. The molecule has 0 aliphatic rings. The predicted molar refractivity (Wildman–Crippen MR) is 51.8 cm³/mol. The van der Waals surface area contributed by atoms with Crippen molar-refractivity contribution in [3.63, 3.8) is 0 Å². The fraction of sp³-hybridized carbons (Fsp3) is 0.364. The molecule has 0 spiro atoms. The van der Waals surface area contributed by atoms with Gasteiger partial charge in [-0.3, -0.25) is 0 Å². The highest BCUT2D eigenvalue weighted by molar-refractivity contribution is 5.49. The van der Waals surface area contributed by atoms with E-state index in [4.69, 9.17) is 4.74 Å². The van der Waals surface area contributed by atoms with E-state index in [0.717, 1.165) is 0 Å². The van der Waals surface area contributed by atoms with E-state index in [-0.39, 0.29) is 18.6 Å². The molecule has 0 saturated heterocycles. The molecule has 0 amide bonds. The minimum absolute atomic E-state index is 0.0337. The molecule has 0 saturated carbocycles. The van der Waals surface area contributed by atoms with Gasteiger partial charge in [-0.15, -0.1) is 0 Å². The van der Waals surface area contributed by atoms with Gasteiger partial charge in [0, 0.05) is 12.0 Å². The Kier molecular flexibility index (Phi) is 4.37. The van der Waals surface area contributed by atoms with Crippen molar-refractivity contribution in [3.05, 3.63) is 35.9 Å². The van der Waals surface area contributed by atoms with Crippen molar-refractivity contribution in [1.29, 1.82) is 0 Å². The van der Waals surface area contributed by atoms with E-state index in [9.17, 15) is 13.6 Å². The lowest BCUT2D eigenvalue weighted by Gasteiger charge is -2.16. The van der Waals surface area contributed by atoms with Crippen LogP contribution in [0.15, 0.2) is 30.3 Å². The Morgan fingerprint density at radius 2 is 1.93 bits per heavy atom. The third kappa shape index (κ3) is 3.75. The van der Waals surface area contributed by atoms with Crippen molar-refractivity contribution in [2.24, 2.45) is 0 Å². The molecule has 0 aliphatic carbocycles. The molecular weight excluding hydrogens is 202 g/mol. The molecule has 0 unspecified atom stereocenters. The third-order valence-corrected chi connectivity index (χ3v) is 1.86. The van der Waals surface area contributed by atoms with Gasteiger partial charge < -0.3 is 9.53 Å². The Morgan fingerprint density at radius 3 is 2.53 bits per heavy atom. The fourth-order valence-electron chi connectivity index (χ4n) is 1.10. The lowest BCUT2D eigenvalue weighted by Crippen LogP contribution is -2.21. The molecule has 0 bridgehead atoms. The average molecular weight is 214 g/mol. The summed E-state index contributed by atoms with van der Waals surface area (Å²) in [7, 11) is 0. The van der Waals surface area contributed by atoms with Gasteiger partial charge in [0.25, 0.3) is 5.92 Å². The molecule has 1 rings (SSSR count). The summed E-state index contributed by atoms with van der Waals surface area (Å²) in [6.07, 6.45) is 0.783. The monoisotopic (exact) mass is 214 g/mol. The van der Waals surface area contributed by atoms with Gasteiger partial charge in [0.15, 0.2) is 0 Å². The topological polar surface area (TPSA) is 26.3 Å². The van der Waals surface area contributed by atoms with Crippen LogP contribution in [0.4, 0.5) is 8.78 Å². The number of benzene rings is 1. The molecule has 2 nitrogen and oxygen atoms in total. The molecule has 0 fully saturated rings. The Hall–Kier alpha value is -1.29. The molecule has 0 aromatic heterocycles. The molecule has 0 atom stereocenters. The van der Waals surface area contributed by atoms with Crippen LogP contribution in [0, 0.1) is 0 Å². The minimum Gasteiger partial charge on any atom is -0.374 e. The smallest absolute Gasteiger partial charge is 0.296 e. The van der Waals surface area contributed by atoms with Gasteiger partial charge in [-0.1, -0.05) is 30.3 Å². The van der Waals surface area contributed by atoms with Gasteiger partial charge in [0.1, 0.15) is 12.9 Å². The zero-order valence-corrected chi connectivity index (χ0v) is 8.16. The largest absolute Gasteiger partial charge is 0.374 e. The van der Waals surface area contributed by atoms with Gasteiger partial charge in [-0.05, 0) is 0 Å². The normalized spacial score (nSPS) is 11.3. The summed E-state index contributed by atoms with van der Waals surface area (Å²) in [6, 6.07) is 7.47. The van der Waals surface area contributed by atoms with Gasteiger partial charge in [0.2, 0.25) is 0 Å². The first-order valence-electron chi connectivity index (χ1n) is 4.61. The summed E-state index contributed by atoms with van der Waals surface area (Å²) in [6.45, 7) is -0.656. The number of hydrogen-bond acceptors (Lipinski definition) is 2. The second kappa shape index (κ2) is 5.56. The number of carbonyl (C=O) groups excluding carboxylic acids is 1. The first kappa shape index (κ1) is 11.8. The maximum absolute atomic E-state index is 13.4. The molecule has 1 aromatic rings. The van der Waals surface area contributed by atoms with Crippen molar-refractivity contribution < 1.29 is 18.3 Å². The second-order valence-electron chi connectivity index (χ2n) is 3.08. The molecule has 82 valence electrons. The van der Waals surface area contributed by atoms with Crippen molar-refractivity contribution in [1.82, 2.24) is 0 Å². The van der Waals surface area contributed by atoms with Crippen LogP contribution in [-0.2, 0) is 15.5 Å². The molecule has 0 N–H and O–H groups in total. The molecule has 1 aromatic carbocycles. The average Bonchev–Trinajstić information content (AvgIpc) is 2.26. The number of alkyl halides is 2. The third-order valence-electron chi connectivity index (χ3n) is 1.86. The van der Waals surface area contributed by atoms with Gasteiger partial charge in [0.05, 0.1) is 6.61 Å². The summed E-state index contributed by atoms with van der Waals surface area (Å²) in [5, 5.41) is 0. The van der Waals surface area contributed by atoms with E-state index in [0.29, 0.717) is 6.29 Å². The molecule has 15 heavy (non-hydrogen) atoms. The summed E-state index contributed by atoms with van der Waals surface area (Å²) in [4.78, 5) is 9.93. The summed E-state index contributed by atoms with van der Waals surface area (Å²) in [5.74, 6) is -3.00. The predicted octanol–water partition coefficient (Wildman–Crippen LogP) is 2.38. The zero-order chi connectivity index (χ0) is 11.1. The SMILES string of the molecule is O=CCCOCC(F)(F)c1ccccc1. The van der Waals surface area contributed by atoms with Crippen molar-refractivity contribution >= 4 is 6.29 Å².